The lowest BCUT2D eigenvalue weighted by Crippen LogP contribution is -2.66. The molecule has 3 saturated heterocycles. The first-order valence-corrected chi connectivity index (χ1v) is 24.6. The van der Waals surface area contributed by atoms with Gasteiger partial charge in [-0.25, -0.2) is 0 Å². The van der Waals surface area contributed by atoms with Gasteiger partial charge in [-0.3, -0.25) is 14.4 Å². The van der Waals surface area contributed by atoms with Gasteiger partial charge in [-0.05, 0) is 93.9 Å². The molecule has 2 N–H and O–H groups in total. The monoisotopic (exact) mass is 969 g/mol. The van der Waals surface area contributed by atoms with Gasteiger partial charge in [0, 0.05) is 38.8 Å². The van der Waals surface area contributed by atoms with Crippen LogP contribution in [0.3, 0.4) is 0 Å². The van der Waals surface area contributed by atoms with Gasteiger partial charge < -0.3 is 72.2 Å². The lowest BCUT2D eigenvalue weighted by molar-refractivity contribution is -0.344. The second-order valence-electron chi connectivity index (χ2n) is 20.2. The summed E-state index contributed by atoms with van der Waals surface area (Å²) >= 11 is 0. The molecule has 4 rings (SSSR count). The molecular weight excluding hydrogens is 885 g/mol. The molecule has 18 nitrogen and oxygen atoms in total. The van der Waals surface area contributed by atoms with Gasteiger partial charge >= 0.3 is 17.9 Å². The van der Waals surface area contributed by atoms with Crippen molar-refractivity contribution in [2.45, 2.75) is 217 Å². The van der Waals surface area contributed by atoms with Crippen molar-refractivity contribution in [1.29, 1.82) is 0 Å². The zero-order chi connectivity index (χ0) is 50.6. The van der Waals surface area contributed by atoms with E-state index in [0.717, 1.165) is 12.7 Å². The van der Waals surface area contributed by atoms with Gasteiger partial charge in [0.2, 0.25) is 0 Å². The number of carbonyl (C=O) groups is 4. The van der Waals surface area contributed by atoms with Crippen LogP contribution in [-0.4, -0.2) is 183 Å². The molecule has 0 saturated carbocycles. The largest absolute Gasteiger partial charge is 0.462 e. The number of cyclic esters (lactones) is 1. The minimum absolute atomic E-state index is 0.00252. The number of allylic oxidation sites excluding steroid dienone is 2. The van der Waals surface area contributed by atoms with Gasteiger partial charge in [-0.15, -0.1) is 0 Å². The van der Waals surface area contributed by atoms with Crippen LogP contribution in [0.25, 0.3) is 0 Å². The number of aliphatic hydroxyl groups is 2. The molecular formula is C50H84N2O16. The average molecular weight is 969 g/mol. The smallest absolute Gasteiger partial charge is 0.309 e. The maximum Gasteiger partial charge on any atom is 0.309 e. The van der Waals surface area contributed by atoms with Crippen LogP contribution in [0.15, 0.2) is 24.3 Å². The van der Waals surface area contributed by atoms with Crippen LogP contribution < -0.4 is 0 Å². The number of methoxy groups -OCH3 is 1. The third-order valence-corrected chi connectivity index (χ3v) is 13.6. The summed E-state index contributed by atoms with van der Waals surface area (Å²) in [7, 11) is 9.03. The molecule has 0 aromatic rings. The molecule has 0 spiro atoms. The summed E-state index contributed by atoms with van der Waals surface area (Å²) in [5.74, 6) is -3.03. The molecule has 0 radical (unpaired) electrons. The van der Waals surface area contributed by atoms with E-state index in [0.29, 0.717) is 19.3 Å². The molecule has 0 aliphatic carbocycles. The Morgan fingerprint density at radius 3 is 2.18 bits per heavy atom. The summed E-state index contributed by atoms with van der Waals surface area (Å²) in [5.41, 5.74) is -1.51. The minimum atomic E-state index is -1.51. The lowest BCUT2D eigenvalue weighted by atomic mass is 9.82. The van der Waals surface area contributed by atoms with E-state index in [1.807, 2.05) is 52.2 Å². The Labute approximate surface area is 404 Å². The van der Waals surface area contributed by atoms with Crippen molar-refractivity contribution in [3.63, 3.8) is 0 Å². The maximum atomic E-state index is 13.6. The summed E-state index contributed by atoms with van der Waals surface area (Å²) in [6, 6.07) is -0.551. The van der Waals surface area contributed by atoms with Crippen molar-refractivity contribution in [1.82, 2.24) is 9.80 Å². The Balaban J connectivity index is 1.72. The van der Waals surface area contributed by atoms with E-state index >= 15 is 0 Å². The highest BCUT2D eigenvalue weighted by atomic mass is 16.7. The number of esters is 3. The first-order valence-electron chi connectivity index (χ1n) is 24.6. The zero-order valence-electron chi connectivity index (χ0n) is 43.0. The molecule has 68 heavy (non-hydrogen) atoms. The second-order valence-corrected chi connectivity index (χ2v) is 20.2. The first kappa shape index (κ1) is 57.7. The summed E-state index contributed by atoms with van der Waals surface area (Å²) < 4.78 is 62.9. The van der Waals surface area contributed by atoms with Crippen molar-refractivity contribution in [3.05, 3.63) is 24.3 Å². The average Bonchev–Trinajstić information content (AvgIpc) is 3.24. The third kappa shape index (κ3) is 15.8. The minimum Gasteiger partial charge on any atom is -0.462 e. The standard InChI is InChI=1S/C50H84N2O16/c1-15-38(54)64-37-26-39(55)60-30(5)19-17-16-18-20-36(65-40-22-21-35(51(10)11)31(6)61-40)29(4)25-34(23-24-53)45(46(37)59-14)67-49-43(56)42(52(12)13)44(32(7)63-49)66-41-27-50(9,58)47(33(8)62-41)68-48(57)28(2)3/h16-18,20,24,28-37,40-47,49,56,58H,15,19,21-23,25-27H2,1-14H3/b17-16+,20-18+/t29-,30-,31-,32-,33+,34+,35+,36+,37-,40+,41+,42-,43-,44-,45+,46?,47+,49+,50-/m1/s1. The number of carbonyl (C=O) groups excluding carboxylic acids is 4. The van der Waals surface area contributed by atoms with Crippen LogP contribution in [0.4, 0.5) is 0 Å². The molecule has 0 aromatic carbocycles. The van der Waals surface area contributed by atoms with E-state index in [9.17, 15) is 29.4 Å². The van der Waals surface area contributed by atoms with Crippen molar-refractivity contribution in [2.24, 2.45) is 17.8 Å². The van der Waals surface area contributed by atoms with Gasteiger partial charge in [0.25, 0.3) is 0 Å². The SMILES string of the molecule is CCC(=O)O[C@@H]1CC(=O)O[C@H](C)C/C=C/C=C/[C@H](O[C@H]2CC[C@H](N(C)C)[C@@H](C)O2)[C@H](C)C[C@H](CC=O)[C@H](O[C@@H]2O[C@H](C)[C@@H](O[C@H]3C[C@@](C)(O)[C@@H](OC(=O)C(C)C)[C@H](C)O3)[C@H](N(C)C)[C@H]2O)C1OC. The predicted molar refractivity (Wildman–Crippen MR) is 250 cm³/mol. The van der Waals surface area contributed by atoms with Crippen LogP contribution in [0.1, 0.15) is 114 Å². The van der Waals surface area contributed by atoms with Crippen LogP contribution in [0, 0.1) is 17.8 Å². The fraction of sp³-hybridized carbons (Fsp3) is 0.840. The van der Waals surface area contributed by atoms with Crippen molar-refractivity contribution in [2.75, 3.05) is 35.3 Å². The highest BCUT2D eigenvalue weighted by molar-refractivity contribution is 5.73. The van der Waals surface area contributed by atoms with E-state index < -0.39 is 121 Å². The molecule has 18 heteroatoms. The van der Waals surface area contributed by atoms with Crippen molar-refractivity contribution >= 4 is 24.2 Å². The quantitative estimate of drug-likeness (QED) is 0.132. The summed E-state index contributed by atoms with van der Waals surface area (Å²) in [6.07, 6.45) is -1.94. The van der Waals surface area contributed by atoms with Gasteiger partial charge in [0.1, 0.15) is 42.4 Å². The molecule has 3 fully saturated rings. The number of aldehydes is 1. The predicted octanol–water partition coefficient (Wildman–Crippen LogP) is 4.49. The Morgan fingerprint density at radius 2 is 1.59 bits per heavy atom. The number of likely N-dealkylation sites (N-methyl/N-ethyl adjacent to an activating group) is 2. The van der Waals surface area contributed by atoms with E-state index in [1.165, 1.54) is 7.11 Å². The molecule has 390 valence electrons. The number of hydrogen-bond acceptors (Lipinski definition) is 18. The lowest BCUT2D eigenvalue weighted by Gasteiger charge is -2.50. The van der Waals surface area contributed by atoms with Crippen LogP contribution in [-0.2, 0) is 66.5 Å². The second kappa shape index (κ2) is 26.5. The Morgan fingerprint density at radius 1 is 0.897 bits per heavy atom. The Bertz CT molecular complexity index is 1660. The normalized spacial score (nSPS) is 41.2. The fourth-order valence-electron chi connectivity index (χ4n) is 9.92. The van der Waals surface area contributed by atoms with Crippen molar-refractivity contribution < 1.29 is 76.8 Å². The van der Waals surface area contributed by atoms with Crippen LogP contribution >= 0.6 is 0 Å². The summed E-state index contributed by atoms with van der Waals surface area (Å²) in [5, 5.41) is 23.9. The number of aliphatic hydroxyl groups excluding tert-OH is 1. The molecule has 1 unspecified atom stereocenters. The highest BCUT2D eigenvalue weighted by Gasteiger charge is 2.53. The number of nitrogens with zero attached hydrogens (tertiary/aromatic N) is 2. The van der Waals surface area contributed by atoms with Gasteiger partial charge in [0.05, 0.1) is 48.9 Å². The van der Waals surface area contributed by atoms with E-state index in [1.54, 1.807) is 67.5 Å². The Hall–Kier alpha value is -2.88. The molecule has 4 aliphatic heterocycles. The van der Waals surface area contributed by atoms with Crippen LogP contribution in [0.2, 0.25) is 0 Å². The van der Waals surface area contributed by atoms with E-state index in [-0.39, 0.29) is 43.7 Å². The number of ether oxygens (including phenoxy) is 10. The first-order chi connectivity index (χ1) is 32.0. The number of rotatable bonds is 15. The number of hydrogen-bond donors (Lipinski definition) is 2. The van der Waals surface area contributed by atoms with Crippen LogP contribution in [0.5, 0.6) is 0 Å². The molecule has 19 atom stereocenters. The molecule has 0 amide bonds. The van der Waals surface area contributed by atoms with Gasteiger partial charge in [0.15, 0.2) is 25.0 Å². The van der Waals surface area contributed by atoms with Gasteiger partial charge in [-0.1, -0.05) is 52.0 Å². The molecule has 4 heterocycles. The third-order valence-electron chi connectivity index (χ3n) is 13.6. The van der Waals surface area contributed by atoms with E-state index in [4.69, 9.17) is 47.4 Å². The molecule has 0 bridgehead atoms. The fourth-order valence-corrected chi connectivity index (χ4v) is 9.92. The summed E-state index contributed by atoms with van der Waals surface area (Å²) in [4.78, 5) is 55.9. The zero-order valence-corrected chi connectivity index (χ0v) is 43.0. The topological polar surface area (TPSA) is 208 Å². The van der Waals surface area contributed by atoms with E-state index in [2.05, 4.69) is 4.90 Å². The van der Waals surface area contributed by atoms with Crippen molar-refractivity contribution in [3.8, 4) is 0 Å². The molecule has 4 aliphatic rings. The Kier molecular flexibility index (Phi) is 22.5. The molecule has 0 aromatic heterocycles. The highest BCUT2D eigenvalue weighted by Crippen LogP contribution is 2.38. The van der Waals surface area contributed by atoms with Gasteiger partial charge in [-0.2, -0.15) is 0 Å². The summed E-state index contributed by atoms with van der Waals surface area (Å²) in [6.45, 7) is 15.9. The maximum absolute atomic E-state index is 13.6.